The van der Waals surface area contributed by atoms with E-state index >= 15 is 0 Å². The predicted molar refractivity (Wildman–Crippen MR) is 89.7 cm³/mol. The fourth-order valence-corrected chi connectivity index (χ4v) is 1.99. The molecule has 0 atom stereocenters. The van der Waals surface area contributed by atoms with E-state index in [1.165, 1.54) is 25.3 Å². The molecule has 0 aliphatic rings. The number of nitro benzene ring substituents is 1. The van der Waals surface area contributed by atoms with Crippen LogP contribution in [0, 0.1) is 17.0 Å². The van der Waals surface area contributed by atoms with Gasteiger partial charge in [0.2, 0.25) is 0 Å². The number of nitrogens with one attached hydrogen (secondary N) is 1. The van der Waals surface area contributed by atoms with Crippen LogP contribution < -0.4 is 10.1 Å². The molecule has 8 nitrogen and oxygen atoms in total. The minimum atomic E-state index is -0.620. The summed E-state index contributed by atoms with van der Waals surface area (Å²) < 4.78 is 9.95. The third kappa shape index (κ3) is 4.77. The van der Waals surface area contributed by atoms with Gasteiger partial charge in [0.25, 0.3) is 11.6 Å². The van der Waals surface area contributed by atoms with Crippen LogP contribution in [0.1, 0.15) is 15.9 Å². The maximum Gasteiger partial charge on any atom is 0.338 e. The average Bonchev–Trinajstić information content (AvgIpc) is 2.60. The summed E-state index contributed by atoms with van der Waals surface area (Å²) in [7, 11) is 1.33. The van der Waals surface area contributed by atoms with Crippen molar-refractivity contribution in [1.82, 2.24) is 0 Å². The van der Waals surface area contributed by atoms with Crippen molar-refractivity contribution in [3.63, 3.8) is 0 Å². The second-order valence-corrected chi connectivity index (χ2v) is 5.13. The molecule has 25 heavy (non-hydrogen) atoms. The number of anilines is 1. The number of methoxy groups -OCH3 is 1. The topological polar surface area (TPSA) is 108 Å². The standard InChI is InChI=1S/C17H16N2O6/c1-11-3-5-12(6-4-11)17(21)25-10-16(20)18-14-8-7-13(19(22)23)9-15(14)24-2/h3-9H,10H2,1-2H3,(H,18,20). The van der Waals surface area contributed by atoms with E-state index in [1.54, 1.807) is 24.3 Å². The Bertz CT molecular complexity index is 801. The van der Waals surface area contributed by atoms with Crippen molar-refractivity contribution < 1.29 is 24.0 Å². The first-order valence-electron chi connectivity index (χ1n) is 7.27. The molecule has 0 saturated carbocycles. The normalized spacial score (nSPS) is 10.0. The van der Waals surface area contributed by atoms with Crippen LogP contribution in [0.5, 0.6) is 5.75 Å². The minimum absolute atomic E-state index is 0.132. The second kappa shape index (κ2) is 7.91. The summed E-state index contributed by atoms with van der Waals surface area (Å²) in [5.74, 6) is -1.08. The number of esters is 1. The minimum Gasteiger partial charge on any atom is -0.494 e. The first-order chi connectivity index (χ1) is 11.9. The van der Waals surface area contributed by atoms with Gasteiger partial charge in [-0.25, -0.2) is 4.79 Å². The van der Waals surface area contributed by atoms with Crippen molar-refractivity contribution >= 4 is 23.3 Å². The van der Waals surface area contributed by atoms with E-state index in [1.807, 2.05) is 6.92 Å². The van der Waals surface area contributed by atoms with Crippen molar-refractivity contribution in [3.8, 4) is 5.75 Å². The van der Waals surface area contributed by atoms with Crippen LogP contribution >= 0.6 is 0 Å². The van der Waals surface area contributed by atoms with Gasteiger partial charge in [0.15, 0.2) is 6.61 Å². The van der Waals surface area contributed by atoms with E-state index in [-0.39, 0.29) is 17.1 Å². The van der Waals surface area contributed by atoms with Gasteiger partial charge in [-0.1, -0.05) is 17.7 Å². The van der Waals surface area contributed by atoms with Gasteiger partial charge in [0.05, 0.1) is 29.4 Å². The molecule has 0 fully saturated rings. The van der Waals surface area contributed by atoms with Crippen LogP contribution in [-0.4, -0.2) is 30.5 Å². The summed E-state index contributed by atoms with van der Waals surface area (Å²) in [5, 5.41) is 13.2. The van der Waals surface area contributed by atoms with E-state index in [4.69, 9.17) is 9.47 Å². The van der Waals surface area contributed by atoms with Crippen molar-refractivity contribution in [1.29, 1.82) is 0 Å². The Morgan fingerprint density at radius 1 is 1.16 bits per heavy atom. The highest BCUT2D eigenvalue weighted by molar-refractivity contribution is 5.96. The molecule has 130 valence electrons. The van der Waals surface area contributed by atoms with Crippen LogP contribution in [0.25, 0.3) is 0 Å². The predicted octanol–water partition coefficient (Wildman–Crippen LogP) is 2.71. The molecule has 0 aliphatic carbocycles. The van der Waals surface area contributed by atoms with Gasteiger partial charge in [0.1, 0.15) is 5.75 Å². The Hall–Kier alpha value is -3.42. The Morgan fingerprint density at radius 3 is 2.44 bits per heavy atom. The van der Waals surface area contributed by atoms with Crippen LogP contribution in [0.4, 0.5) is 11.4 Å². The smallest absolute Gasteiger partial charge is 0.338 e. The monoisotopic (exact) mass is 344 g/mol. The molecule has 0 saturated heterocycles. The Labute approximate surface area is 143 Å². The number of aryl methyl sites for hydroxylation is 1. The molecule has 0 spiro atoms. The summed E-state index contributed by atoms with van der Waals surface area (Å²) in [5.41, 5.74) is 1.41. The van der Waals surface area contributed by atoms with Gasteiger partial charge in [-0.15, -0.1) is 0 Å². The van der Waals surface area contributed by atoms with Crippen LogP contribution in [0.3, 0.4) is 0 Å². The fourth-order valence-electron chi connectivity index (χ4n) is 1.99. The highest BCUT2D eigenvalue weighted by atomic mass is 16.6. The van der Waals surface area contributed by atoms with Crippen molar-refractivity contribution in [2.75, 3.05) is 19.0 Å². The van der Waals surface area contributed by atoms with E-state index in [0.717, 1.165) is 5.56 Å². The lowest BCUT2D eigenvalue weighted by Gasteiger charge is -2.10. The van der Waals surface area contributed by atoms with E-state index in [0.29, 0.717) is 5.56 Å². The molecule has 0 bridgehead atoms. The maximum atomic E-state index is 11.9. The number of carbonyl (C=O) groups is 2. The van der Waals surface area contributed by atoms with Crippen LogP contribution in [0.2, 0.25) is 0 Å². The highest BCUT2D eigenvalue weighted by Gasteiger charge is 2.15. The van der Waals surface area contributed by atoms with E-state index in [2.05, 4.69) is 5.32 Å². The number of rotatable bonds is 6. The lowest BCUT2D eigenvalue weighted by Crippen LogP contribution is -2.21. The van der Waals surface area contributed by atoms with Gasteiger partial charge in [-0.2, -0.15) is 0 Å². The molecule has 0 aliphatic heterocycles. The third-order valence-electron chi connectivity index (χ3n) is 3.29. The van der Waals surface area contributed by atoms with Gasteiger partial charge in [-0.05, 0) is 25.1 Å². The zero-order valence-corrected chi connectivity index (χ0v) is 13.6. The number of nitro groups is 1. The third-order valence-corrected chi connectivity index (χ3v) is 3.29. The average molecular weight is 344 g/mol. The van der Waals surface area contributed by atoms with E-state index < -0.39 is 23.4 Å². The SMILES string of the molecule is COc1cc([N+](=O)[O-])ccc1NC(=O)COC(=O)c1ccc(C)cc1. The maximum absolute atomic E-state index is 11.9. The molecule has 0 unspecified atom stereocenters. The lowest BCUT2D eigenvalue weighted by molar-refractivity contribution is -0.384. The summed E-state index contributed by atoms with van der Waals surface area (Å²) in [6, 6.07) is 10.5. The zero-order chi connectivity index (χ0) is 18.4. The van der Waals surface area contributed by atoms with Gasteiger partial charge >= 0.3 is 5.97 Å². The summed E-state index contributed by atoms with van der Waals surface area (Å²) in [4.78, 5) is 33.9. The number of amides is 1. The first-order valence-corrected chi connectivity index (χ1v) is 7.27. The molecule has 2 rings (SSSR count). The van der Waals surface area contributed by atoms with Gasteiger partial charge in [0, 0.05) is 6.07 Å². The highest BCUT2D eigenvalue weighted by Crippen LogP contribution is 2.28. The first kappa shape index (κ1) is 17.9. The molecule has 0 aromatic heterocycles. The number of non-ortho nitro benzene ring substituents is 1. The van der Waals surface area contributed by atoms with Crippen LogP contribution in [-0.2, 0) is 9.53 Å². The Morgan fingerprint density at radius 2 is 1.84 bits per heavy atom. The van der Waals surface area contributed by atoms with Crippen molar-refractivity contribution in [2.45, 2.75) is 6.92 Å². The summed E-state index contributed by atoms with van der Waals surface area (Å²) >= 11 is 0. The molecule has 8 heteroatoms. The quantitative estimate of drug-likeness (QED) is 0.490. The van der Waals surface area contributed by atoms with Crippen LogP contribution in [0.15, 0.2) is 42.5 Å². The molecule has 2 aromatic carbocycles. The Balaban J connectivity index is 1.97. The molecule has 1 amide bonds. The van der Waals surface area contributed by atoms with Crippen molar-refractivity contribution in [2.24, 2.45) is 0 Å². The number of hydrogen-bond acceptors (Lipinski definition) is 6. The number of nitrogens with zero attached hydrogens (tertiary/aromatic N) is 1. The van der Waals surface area contributed by atoms with Gasteiger partial charge in [-0.3, -0.25) is 14.9 Å². The van der Waals surface area contributed by atoms with Crippen molar-refractivity contribution in [3.05, 3.63) is 63.7 Å². The number of carbonyl (C=O) groups excluding carboxylic acids is 2. The number of ether oxygens (including phenoxy) is 2. The molecule has 2 aromatic rings. The fraction of sp³-hybridized carbons (Fsp3) is 0.176. The number of hydrogen-bond donors (Lipinski definition) is 1. The lowest BCUT2D eigenvalue weighted by atomic mass is 10.1. The van der Waals surface area contributed by atoms with Gasteiger partial charge < -0.3 is 14.8 Å². The van der Waals surface area contributed by atoms with E-state index in [9.17, 15) is 19.7 Å². The largest absolute Gasteiger partial charge is 0.494 e. The zero-order valence-electron chi connectivity index (χ0n) is 13.6. The second-order valence-electron chi connectivity index (χ2n) is 5.13. The molecule has 1 N–H and O–H groups in total. The number of benzene rings is 2. The molecular formula is C17H16N2O6. The summed E-state index contributed by atoms with van der Waals surface area (Å²) in [6.45, 7) is 1.40. The molecule has 0 heterocycles. The molecular weight excluding hydrogens is 328 g/mol. The summed E-state index contributed by atoms with van der Waals surface area (Å²) in [6.07, 6.45) is 0. The Kier molecular flexibility index (Phi) is 5.67. The molecule has 0 radical (unpaired) electrons.